The smallest absolute Gasteiger partial charge is 0.246 e. The number of nitrogens with zero attached hydrogens (tertiary/aromatic N) is 2. The van der Waals surface area contributed by atoms with Crippen LogP contribution in [0.2, 0.25) is 0 Å². The van der Waals surface area contributed by atoms with Gasteiger partial charge in [-0.1, -0.05) is 78.2 Å². The SMILES string of the molecule is CC[C@@H]1CCCCN1CCN1C(=O)[C@H]2[C@H](C(=O)Nc3ccc(C(C)C)cc3)[C@H]3C=C[C@@]2(O3)[C@@H]1C(=O)N[C@@H]1CCC[C@H](C)[C@H]1C. The molecule has 3 saturated heterocycles. The van der Waals surface area contributed by atoms with E-state index in [9.17, 15) is 14.4 Å². The first-order valence-corrected chi connectivity index (χ1v) is 17.3. The third-order valence-corrected chi connectivity index (χ3v) is 11.7. The minimum atomic E-state index is -1.13. The van der Waals surface area contributed by atoms with Crippen LogP contribution in [0.3, 0.4) is 0 Å². The highest BCUT2D eigenvalue weighted by Crippen LogP contribution is 2.55. The molecule has 2 bridgehead atoms. The van der Waals surface area contributed by atoms with E-state index in [1.165, 1.54) is 24.8 Å². The van der Waals surface area contributed by atoms with Gasteiger partial charge in [-0.25, -0.2) is 0 Å². The Morgan fingerprint density at radius 2 is 1.80 bits per heavy atom. The van der Waals surface area contributed by atoms with E-state index in [2.05, 4.69) is 50.2 Å². The highest BCUT2D eigenvalue weighted by atomic mass is 16.5. The van der Waals surface area contributed by atoms with Gasteiger partial charge in [-0.15, -0.1) is 0 Å². The minimum Gasteiger partial charge on any atom is -0.359 e. The van der Waals surface area contributed by atoms with Crippen molar-refractivity contribution in [3.63, 3.8) is 0 Å². The number of nitrogens with one attached hydrogen (secondary N) is 2. The molecule has 8 nitrogen and oxygen atoms in total. The quantitative estimate of drug-likeness (QED) is 0.383. The van der Waals surface area contributed by atoms with E-state index in [4.69, 9.17) is 4.74 Å². The van der Waals surface area contributed by atoms with Crippen molar-refractivity contribution in [3.05, 3.63) is 42.0 Å². The van der Waals surface area contributed by atoms with Gasteiger partial charge < -0.3 is 20.3 Å². The molecule has 6 rings (SSSR count). The Morgan fingerprint density at radius 1 is 1.02 bits per heavy atom. The van der Waals surface area contributed by atoms with Crippen LogP contribution in [0.15, 0.2) is 36.4 Å². The fraction of sp³-hybridized carbons (Fsp3) is 0.694. The van der Waals surface area contributed by atoms with Gasteiger partial charge in [0.1, 0.15) is 11.6 Å². The van der Waals surface area contributed by atoms with Gasteiger partial charge in [0.15, 0.2) is 0 Å². The van der Waals surface area contributed by atoms with Crippen LogP contribution in [-0.2, 0) is 19.1 Å². The molecule has 3 amide bonds. The van der Waals surface area contributed by atoms with Crippen molar-refractivity contribution in [3.8, 4) is 0 Å². The number of hydrogen-bond acceptors (Lipinski definition) is 5. The molecule has 0 unspecified atom stereocenters. The van der Waals surface area contributed by atoms with Crippen LogP contribution >= 0.6 is 0 Å². The zero-order valence-electron chi connectivity index (χ0n) is 27.3. The lowest BCUT2D eigenvalue weighted by Crippen LogP contribution is -2.58. The van der Waals surface area contributed by atoms with Crippen LogP contribution in [0.4, 0.5) is 5.69 Å². The number of anilines is 1. The zero-order valence-corrected chi connectivity index (χ0v) is 27.3. The molecule has 44 heavy (non-hydrogen) atoms. The summed E-state index contributed by atoms with van der Waals surface area (Å²) in [7, 11) is 0. The van der Waals surface area contributed by atoms with Gasteiger partial charge in [0.2, 0.25) is 17.7 Å². The summed E-state index contributed by atoms with van der Waals surface area (Å²) in [5, 5.41) is 6.44. The van der Waals surface area contributed by atoms with Gasteiger partial charge in [-0.2, -0.15) is 0 Å². The maximum absolute atomic E-state index is 14.4. The van der Waals surface area contributed by atoms with E-state index in [-0.39, 0.29) is 23.8 Å². The molecule has 0 radical (unpaired) electrons. The Bertz CT molecular complexity index is 1260. The van der Waals surface area contributed by atoms with E-state index >= 15 is 0 Å². The number of carbonyl (C=O) groups is 3. The third kappa shape index (κ3) is 5.51. The first-order chi connectivity index (χ1) is 21.1. The van der Waals surface area contributed by atoms with E-state index < -0.39 is 29.6 Å². The molecule has 8 heteroatoms. The molecule has 1 saturated carbocycles. The number of likely N-dealkylation sites (tertiary alicyclic amines) is 2. The summed E-state index contributed by atoms with van der Waals surface area (Å²) >= 11 is 0. The summed E-state index contributed by atoms with van der Waals surface area (Å²) in [4.78, 5) is 46.9. The highest BCUT2D eigenvalue weighted by Gasteiger charge is 2.72. The Balaban J connectivity index is 1.26. The number of benzene rings is 1. The monoisotopic (exact) mass is 604 g/mol. The maximum Gasteiger partial charge on any atom is 0.246 e. The number of piperidine rings is 1. The van der Waals surface area contributed by atoms with Gasteiger partial charge in [-0.3, -0.25) is 19.3 Å². The van der Waals surface area contributed by atoms with Crippen molar-refractivity contribution in [2.75, 3.05) is 25.0 Å². The summed E-state index contributed by atoms with van der Waals surface area (Å²) in [5.41, 5.74) is 0.766. The van der Waals surface area contributed by atoms with Crippen LogP contribution in [0.1, 0.15) is 91.0 Å². The molecule has 1 aliphatic carbocycles. The maximum atomic E-state index is 14.4. The van der Waals surface area contributed by atoms with Gasteiger partial charge in [0, 0.05) is 30.9 Å². The number of carbonyl (C=O) groups excluding carboxylic acids is 3. The van der Waals surface area contributed by atoms with Crippen molar-refractivity contribution in [1.29, 1.82) is 0 Å². The Morgan fingerprint density at radius 3 is 2.52 bits per heavy atom. The first-order valence-electron chi connectivity index (χ1n) is 17.3. The van der Waals surface area contributed by atoms with Crippen molar-refractivity contribution in [1.82, 2.24) is 15.1 Å². The third-order valence-electron chi connectivity index (χ3n) is 11.7. The first kappa shape index (κ1) is 31.3. The number of rotatable bonds is 9. The lowest BCUT2D eigenvalue weighted by atomic mass is 9.73. The molecular weight excluding hydrogens is 552 g/mol. The average molecular weight is 605 g/mol. The summed E-state index contributed by atoms with van der Waals surface area (Å²) in [6, 6.07) is 7.67. The molecule has 1 aromatic carbocycles. The molecule has 1 spiro atoms. The minimum absolute atomic E-state index is 0.0701. The molecule has 4 heterocycles. The van der Waals surface area contributed by atoms with Crippen molar-refractivity contribution in [2.24, 2.45) is 23.7 Å². The second-order valence-electron chi connectivity index (χ2n) is 14.5. The largest absolute Gasteiger partial charge is 0.359 e. The second kappa shape index (κ2) is 12.6. The lowest BCUT2D eigenvalue weighted by molar-refractivity contribution is -0.142. The van der Waals surface area contributed by atoms with E-state index in [0.29, 0.717) is 36.0 Å². The second-order valence-corrected chi connectivity index (χ2v) is 14.5. The average Bonchev–Trinajstić information content (AvgIpc) is 3.66. The normalized spacial score (nSPS) is 36.6. The Kier molecular flexibility index (Phi) is 8.95. The molecule has 4 aliphatic heterocycles. The van der Waals surface area contributed by atoms with Crippen LogP contribution in [-0.4, -0.2) is 77.0 Å². The molecule has 5 aliphatic rings. The Labute approximate surface area is 263 Å². The predicted molar refractivity (Wildman–Crippen MR) is 172 cm³/mol. The van der Waals surface area contributed by atoms with E-state index in [1.807, 2.05) is 36.4 Å². The topological polar surface area (TPSA) is 91.0 Å². The van der Waals surface area contributed by atoms with Crippen molar-refractivity contribution >= 4 is 23.4 Å². The zero-order chi connectivity index (χ0) is 31.2. The number of ether oxygens (including phenoxy) is 1. The van der Waals surface area contributed by atoms with Crippen LogP contribution in [0.25, 0.3) is 0 Å². The van der Waals surface area contributed by atoms with Crippen LogP contribution in [0, 0.1) is 23.7 Å². The number of amides is 3. The molecule has 240 valence electrons. The summed E-state index contributed by atoms with van der Waals surface area (Å²) < 4.78 is 6.60. The van der Waals surface area contributed by atoms with Crippen molar-refractivity contribution in [2.45, 2.75) is 115 Å². The van der Waals surface area contributed by atoms with Crippen molar-refractivity contribution < 1.29 is 19.1 Å². The number of fused-ring (bicyclic) bond motifs is 1. The standard InChI is InChI=1S/C36H52N4O4/c1-6-27-11-7-8-19-39(27)20-21-40-32(34(42)38-28-12-9-10-23(4)24(28)5)36-18-17-29(44-36)30(31(36)35(40)43)33(41)37-26-15-13-25(14-16-26)22(2)3/h13-18,22-24,27-32H,6-12,19-21H2,1-5H3,(H,37,41)(H,38,42)/t23-,24+,27+,28+,29+,30+,31+,32-,36-/m0/s1. The van der Waals surface area contributed by atoms with Gasteiger partial charge in [0.05, 0.1) is 17.9 Å². The summed E-state index contributed by atoms with van der Waals surface area (Å²) in [6.07, 6.45) is 11.2. The van der Waals surface area contributed by atoms with Gasteiger partial charge in [0.25, 0.3) is 0 Å². The Hall–Kier alpha value is -2.71. The van der Waals surface area contributed by atoms with E-state index in [1.54, 1.807) is 4.90 Å². The van der Waals surface area contributed by atoms with Crippen LogP contribution < -0.4 is 10.6 Å². The molecular formula is C36H52N4O4. The molecule has 9 atom stereocenters. The van der Waals surface area contributed by atoms with Gasteiger partial charge in [-0.05, 0) is 67.7 Å². The molecule has 0 aromatic heterocycles. The summed E-state index contributed by atoms with van der Waals surface area (Å²) in [5.74, 6) is -0.634. The molecule has 2 N–H and O–H groups in total. The predicted octanol–water partition coefficient (Wildman–Crippen LogP) is 5.10. The van der Waals surface area contributed by atoms with E-state index in [0.717, 1.165) is 38.8 Å². The number of hydrogen-bond donors (Lipinski definition) is 2. The summed E-state index contributed by atoms with van der Waals surface area (Å²) in [6.45, 7) is 13.2. The fourth-order valence-electron chi connectivity index (χ4n) is 8.79. The molecule has 4 fully saturated rings. The van der Waals surface area contributed by atoms with Crippen LogP contribution in [0.5, 0.6) is 0 Å². The lowest BCUT2D eigenvalue weighted by Gasteiger charge is -2.39. The molecule has 1 aromatic rings. The fourth-order valence-corrected chi connectivity index (χ4v) is 8.79. The van der Waals surface area contributed by atoms with Gasteiger partial charge >= 0.3 is 0 Å². The highest BCUT2D eigenvalue weighted by molar-refractivity contribution is 6.02.